The van der Waals surface area contributed by atoms with Gasteiger partial charge in [0, 0.05) is 17.4 Å². The quantitative estimate of drug-likeness (QED) is 0.336. The van der Waals surface area contributed by atoms with Crippen LogP contribution in [0.3, 0.4) is 0 Å². The number of hydrogen-bond acceptors (Lipinski definition) is 6. The van der Waals surface area contributed by atoms with Crippen molar-refractivity contribution in [3.8, 4) is 17.2 Å². The van der Waals surface area contributed by atoms with Crippen LogP contribution in [0, 0.1) is 13.8 Å². The number of rotatable bonds is 9. The summed E-state index contributed by atoms with van der Waals surface area (Å²) in [5.41, 5.74) is 3.91. The Kier molecular flexibility index (Phi) is 7.49. The Morgan fingerprint density at radius 1 is 0.941 bits per heavy atom. The number of benzene rings is 3. The monoisotopic (exact) mass is 474 g/mol. The lowest BCUT2D eigenvalue weighted by Gasteiger charge is -2.12. The molecule has 0 saturated carbocycles. The van der Waals surface area contributed by atoms with Crippen LogP contribution in [0.15, 0.2) is 78.0 Å². The number of aryl methyl sites for hydroxylation is 2. The fourth-order valence-corrected chi connectivity index (χ4v) is 4.02. The van der Waals surface area contributed by atoms with Crippen LogP contribution in [-0.2, 0) is 11.4 Å². The summed E-state index contributed by atoms with van der Waals surface area (Å²) in [4.78, 5) is 12.6. The zero-order valence-corrected chi connectivity index (χ0v) is 20.1. The maximum Gasteiger partial charge on any atom is 0.234 e. The fourth-order valence-electron chi connectivity index (χ4n) is 3.25. The summed E-state index contributed by atoms with van der Waals surface area (Å²) in [6, 6.07) is 23.2. The highest BCUT2D eigenvalue weighted by Crippen LogP contribution is 2.24. The van der Waals surface area contributed by atoms with E-state index in [0.29, 0.717) is 22.4 Å². The molecule has 0 atom stereocenters. The summed E-state index contributed by atoms with van der Waals surface area (Å²) in [5, 5.41) is 12.2. The first-order valence-electron chi connectivity index (χ1n) is 10.8. The van der Waals surface area contributed by atoms with E-state index < -0.39 is 0 Å². The van der Waals surface area contributed by atoms with Crippen LogP contribution in [0.4, 0.5) is 5.69 Å². The molecule has 0 aliphatic rings. The van der Waals surface area contributed by atoms with Crippen LogP contribution in [-0.4, -0.2) is 33.5 Å². The Labute approximate surface area is 203 Å². The van der Waals surface area contributed by atoms with Crippen molar-refractivity contribution in [2.24, 2.45) is 0 Å². The Balaban J connectivity index is 1.49. The molecule has 0 fully saturated rings. The topological polar surface area (TPSA) is 78.3 Å². The van der Waals surface area contributed by atoms with Crippen molar-refractivity contribution in [1.29, 1.82) is 0 Å². The van der Waals surface area contributed by atoms with Gasteiger partial charge in [0.15, 0.2) is 11.0 Å². The van der Waals surface area contributed by atoms with Gasteiger partial charge >= 0.3 is 0 Å². The van der Waals surface area contributed by atoms with Gasteiger partial charge in [-0.25, -0.2) is 0 Å². The smallest absolute Gasteiger partial charge is 0.234 e. The van der Waals surface area contributed by atoms with E-state index in [9.17, 15) is 4.79 Å². The van der Waals surface area contributed by atoms with Gasteiger partial charge in [0.1, 0.15) is 18.1 Å². The first kappa shape index (κ1) is 23.4. The number of carbonyl (C=O) groups excluding carboxylic acids is 1. The summed E-state index contributed by atoms with van der Waals surface area (Å²) in [6.07, 6.45) is 0. The zero-order valence-electron chi connectivity index (χ0n) is 19.3. The number of aromatic nitrogens is 3. The molecular weight excluding hydrogens is 448 g/mol. The minimum Gasteiger partial charge on any atom is -0.497 e. The van der Waals surface area contributed by atoms with Gasteiger partial charge in [0.2, 0.25) is 5.91 Å². The van der Waals surface area contributed by atoms with Crippen LogP contribution >= 0.6 is 11.8 Å². The lowest BCUT2D eigenvalue weighted by atomic mass is 10.2. The maximum atomic E-state index is 12.6. The number of hydrogen-bond donors (Lipinski definition) is 1. The molecule has 34 heavy (non-hydrogen) atoms. The van der Waals surface area contributed by atoms with E-state index in [1.54, 1.807) is 13.2 Å². The highest BCUT2D eigenvalue weighted by Gasteiger charge is 2.17. The number of nitrogens with one attached hydrogen (secondary N) is 1. The van der Waals surface area contributed by atoms with Gasteiger partial charge in [-0.1, -0.05) is 53.2 Å². The lowest BCUT2D eigenvalue weighted by molar-refractivity contribution is -0.113. The zero-order chi connectivity index (χ0) is 23.9. The molecule has 1 amide bonds. The number of anilines is 1. The van der Waals surface area contributed by atoms with Crippen molar-refractivity contribution in [1.82, 2.24) is 14.8 Å². The van der Waals surface area contributed by atoms with Crippen molar-refractivity contribution in [3.63, 3.8) is 0 Å². The largest absolute Gasteiger partial charge is 0.497 e. The van der Waals surface area contributed by atoms with Crippen molar-refractivity contribution in [3.05, 3.63) is 89.7 Å². The van der Waals surface area contributed by atoms with E-state index in [-0.39, 0.29) is 18.3 Å². The average molecular weight is 475 g/mol. The molecule has 0 radical (unpaired) electrons. The minimum atomic E-state index is -0.144. The Morgan fingerprint density at radius 2 is 1.65 bits per heavy atom. The van der Waals surface area contributed by atoms with Crippen LogP contribution in [0.25, 0.3) is 5.69 Å². The predicted molar refractivity (Wildman–Crippen MR) is 134 cm³/mol. The number of ether oxygens (including phenoxy) is 2. The second kappa shape index (κ2) is 10.9. The highest BCUT2D eigenvalue weighted by molar-refractivity contribution is 7.99. The molecule has 1 heterocycles. The number of methoxy groups -OCH3 is 1. The van der Waals surface area contributed by atoms with Crippen LogP contribution in [0.1, 0.15) is 17.0 Å². The standard InChI is InChI=1S/C26H26N4O3S/c1-18-7-11-21(12-8-18)30-24(16-33-22-13-9-19(2)10-14-22)28-29-26(30)34-17-25(31)27-20-5-4-6-23(15-20)32-3/h4-15H,16-17H2,1-3H3,(H,27,31). The Morgan fingerprint density at radius 3 is 2.35 bits per heavy atom. The normalized spacial score (nSPS) is 10.7. The molecule has 4 rings (SSSR count). The molecule has 1 aromatic heterocycles. The molecule has 174 valence electrons. The van der Waals surface area contributed by atoms with E-state index in [1.807, 2.05) is 85.1 Å². The molecule has 7 nitrogen and oxygen atoms in total. The van der Waals surface area contributed by atoms with Gasteiger partial charge < -0.3 is 14.8 Å². The molecule has 0 saturated heterocycles. The maximum absolute atomic E-state index is 12.6. The molecule has 0 bridgehead atoms. The van der Waals surface area contributed by atoms with Crippen molar-refractivity contribution < 1.29 is 14.3 Å². The third-order valence-electron chi connectivity index (χ3n) is 5.07. The molecule has 4 aromatic rings. The molecule has 3 aromatic carbocycles. The first-order chi connectivity index (χ1) is 16.5. The van der Waals surface area contributed by atoms with Crippen molar-refractivity contribution in [2.45, 2.75) is 25.6 Å². The lowest BCUT2D eigenvalue weighted by Crippen LogP contribution is -2.14. The fraction of sp³-hybridized carbons (Fsp3) is 0.192. The molecule has 0 spiro atoms. The van der Waals surface area contributed by atoms with Gasteiger partial charge in [-0.2, -0.15) is 0 Å². The van der Waals surface area contributed by atoms with Crippen LogP contribution in [0.2, 0.25) is 0 Å². The number of thioether (sulfide) groups is 1. The van der Waals surface area contributed by atoms with Crippen molar-refractivity contribution in [2.75, 3.05) is 18.2 Å². The molecule has 0 unspecified atom stereocenters. The van der Waals surface area contributed by atoms with E-state index in [1.165, 1.54) is 17.3 Å². The van der Waals surface area contributed by atoms with E-state index >= 15 is 0 Å². The van der Waals surface area contributed by atoms with Crippen molar-refractivity contribution >= 4 is 23.4 Å². The molecule has 8 heteroatoms. The molecular formula is C26H26N4O3S. The molecule has 0 aliphatic heterocycles. The summed E-state index contributed by atoms with van der Waals surface area (Å²) >= 11 is 1.32. The van der Waals surface area contributed by atoms with Crippen LogP contribution < -0.4 is 14.8 Å². The summed E-state index contributed by atoms with van der Waals surface area (Å²) < 4.78 is 13.1. The van der Waals surface area contributed by atoms with Gasteiger partial charge in [-0.3, -0.25) is 9.36 Å². The number of carbonyl (C=O) groups is 1. The molecule has 0 aliphatic carbocycles. The van der Waals surface area contributed by atoms with Gasteiger partial charge in [-0.15, -0.1) is 10.2 Å². The van der Waals surface area contributed by atoms with Gasteiger partial charge in [0.05, 0.1) is 12.9 Å². The third-order valence-corrected chi connectivity index (χ3v) is 6.00. The van der Waals surface area contributed by atoms with E-state index in [4.69, 9.17) is 9.47 Å². The third kappa shape index (κ3) is 5.96. The Hall–Kier alpha value is -3.78. The van der Waals surface area contributed by atoms with Gasteiger partial charge in [0.25, 0.3) is 0 Å². The van der Waals surface area contributed by atoms with Crippen LogP contribution in [0.5, 0.6) is 11.5 Å². The summed E-state index contributed by atoms with van der Waals surface area (Å²) in [7, 11) is 1.59. The highest BCUT2D eigenvalue weighted by atomic mass is 32.2. The SMILES string of the molecule is COc1cccc(NC(=O)CSc2nnc(COc3ccc(C)cc3)n2-c2ccc(C)cc2)c1. The number of amides is 1. The predicted octanol–water partition coefficient (Wildman–Crippen LogP) is 5.20. The first-order valence-corrected chi connectivity index (χ1v) is 11.8. The summed E-state index contributed by atoms with van der Waals surface area (Å²) in [5.74, 6) is 2.13. The minimum absolute atomic E-state index is 0.144. The van der Waals surface area contributed by atoms with Gasteiger partial charge in [-0.05, 0) is 50.2 Å². The second-order valence-electron chi connectivity index (χ2n) is 7.74. The summed E-state index contributed by atoms with van der Waals surface area (Å²) in [6.45, 7) is 4.32. The average Bonchev–Trinajstić information content (AvgIpc) is 3.26. The van der Waals surface area contributed by atoms with E-state index in [0.717, 1.165) is 17.0 Å². The van der Waals surface area contributed by atoms with E-state index in [2.05, 4.69) is 15.5 Å². The Bertz CT molecular complexity index is 1250. The second-order valence-corrected chi connectivity index (χ2v) is 8.68. The molecule has 1 N–H and O–H groups in total. The number of nitrogens with zero attached hydrogens (tertiary/aromatic N) is 3.